The maximum Gasteiger partial charge on any atom is 0.150 e. The van der Waals surface area contributed by atoms with Gasteiger partial charge in [-0.1, -0.05) is 0 Å². The maximum absolute atomic E-state index is 10.2. The summed E-state index contributed by atoms with van der Waals surface area (Å²) in [6, 6.07) is 0. The zero-order valence-corrected chi connectivity index (χ0v) is 5.14. The predicted octanol–water partition coefficient (Wildman–Crippen LogP) is -0.315. The second-order valence-electron chi connectivity index (χ2n) is 2.09. The first-order valence-corrected chi connectivity index (χ1v) is 2.93. The van der Waals surface area contributed by atoms with Crippen LogP contribution in [0.3, 0.4) is 0 Å². The lowest BCUT2D eigenvalue weighted by Gasteiger charge is -1.88. The lowest BCUT2D eigenvalue weighted by atomic mass is 10.3. The van der Waals surface area contributed by atoms with Gasteiger partial charge in [0.25, 0.3) is 0 Å². The van der Waals surface area contributed by atoms with Crippen LogP contribution in [-0.4, -0.2) is 16.1 Å². The lowest BCUT2D eigenvalue weighted by molar-refractivity contribution is 0.568. The van der Waals surface area contributed by atoms with E-state index in [0.29, 0.717) is 12.2 Å². The van der Waals surface area contributed by atoms with E-state index in [-0.39, 0.29) is 0 Å². The van der Waals surface area contributed by atoms with Crippen LogP contribution in [0, 0.1) is 0 Å². The zero-order valence-electron chi connectivity index (χ0n) is 5.14. The molecule has 1 aromatic rings. The Labute approximate surface area is 56.9 Å². The van der Waals surface area contributed by atoms with Crippen LogP contribution in [0.1, 0.15) is 11.3 Å². The third-order valence-corrected chi connectivity index (χ3v) is 1.53. The van der Waals surface area contributed by atoms with E-state index in [1.807, 2.05) is 0 Å². The molecule has 0 unspecified atom stereocenters. The summed E-state index contributed by atoms with van der Waals surface area (Å²) in [5.41, 5.74) is 2.30. The van der Waals surface area contributed by atoms with E-state index in [9.17, 15) is 4.79 Å². The van der Waals surface area contributed by atoms with Crippen molar-refractivity contribution in [2.75, 3.05) is 0 Å². The molecule has 0 radical (unpaired) electrons. The van der Waals surface area contributed by atoms with Gasteiger partial charge in [0.15, 0.2) is 5.94 Å². The molecule has 10 heavy (non-hydrogen) atoms. The van der Waals surface area contributed by atoms with Crippen LogP contribution in [0.2, 0.25) is 0 Å². The maximum atomic E-state index is 10.2. The Morgan fingerprint density at radius 2 is 2.60 bits per heavy atom. The molecule has 2 N–H and O–H groups in total. The molecule has 0 amide bonds. The molecule has 1 aromatic heterocycles. The smallest absolute Gasteiger partial charge is 0.150 e. The average Bonchev–Trinajstić information content (AvgIpc) is 2.44. The summed E-state index contributed by atoms with van der Waals surface area (Å²) in [5.74, 6) is 1.80. The molecule has 0 saturated heterocycles. The fourth-order valence-electron chi connectivity index (χ4n) is 1.03. The number of aromatic nitrogens is 2. The summed E-state index contributed by atoms with van der Waals surface area (Å²) in [6.45, 7) is 0.653. The van der Waals surface area contributed by atoms with Gasteiger partial charge in [-0.25, -0.2) is 4.79 Å². The third kappa shape index (κ3) is 0.509. The van der Waals surface area contributed by atoms with Crippen molar-refractivity contribution in [2.24, 2.45) is 0 Å². The molecule has 50 valence electrons. The molecule has 0 spiro atoms. The van der Waals surface area contributed by atoms with E-state index in [2.05, 4.69) is 15.5 Å². The molecule has 4 nitrogen and oxygen atoms in total. The van der Waals surface area contributed by atoms with Gasteiger partial charge in [-0.2, -0.15) is 5.10 Å². The monoisotopic (exact) mass is 135 g/mol. The van der Waals surface area contributed by atoms with Crippen molar-refractivity contribution < 1.29 is 4.79 Å². The van der Waals surface area contributed by atoms with Crippen molar-refractivity contribution in [3.63, 3.8) is 0 Å². The number of H-pyrrole nitrogens is 1. The summed E-state index contributed by atoms with van der Waals surface area (Å²) in [4.78, 5) is 10.2. The van der Waals surface area contributed by atoms with Gasteiger partial charge in [0.05, 0.1) is 24.0 Å². The highest BCUT2D eigenvalue weighted by atomic mass is 16.1. The highest BCUT2D eigenvalue weighted by Crippen LogP contribution is 2.18. The molecule has 1 aliphatic rings. The van der Waals surface area contributed by atoms with E-state index in [4.69, 9.17) is 0 Å². The second-order valence-corrected chi connectivity index (χ2v) is 2.09. The number of carbonyl (C=O) groups excluding carboxylic acids is 1. The molecule has 0 atom stereocenters. The van der Waals surface area contributed by atoms with Crippen LogP contribution in [-0.2, 0) is 11.3 Å². The van der Waals surface area contributed by atoms with Gasteiger partial charge in [0.1, 0.15) is 5.70 Å². The van der Waals surface area contributed by atoms with Crippen molar-refractivity contribution in [1.29, 1.82) is 0 Å². The first kappa shape index (κ1) is 5.26. The molecular weight excluding hydrogens is 130 g/mol. The molecular formula is C6H5N3O. The fraction of sp³-hybridized carbons (Fsp3) is 0.167. The quantitative estimate of drug-likeness (QED) is 0.479. The van der Waals surface area contributed by atoms with Crippen LogP contribution < -0.4 is 5.32 Å². The van der Waals surface area contributed by atoms with Gasteiger partial charge >= 0.3 is 0 Å². The molecule has 0 saturated carbocycles. The topological polar surface area (TPSA) is 57.8 Å². The van der Waals surface area contributed by atoms with Crippen LogP contribution >= 0.6 is 0 Å². The van der Waals surface area contributed by atoms with E-state index < -0.39 is 0 Å². The number of rotatable bonds is 0. The van der Waals surface area contributed by atoms with Gasteiger partial charge in [-0.05, 0) is 0 Å². The minimum atomic E-state index is 0.503. The Bertz CT molecular complexity index is 309. The van der Waals surface area contributed by atoms with Crippen molar-refractivity contribution in [2.45, 2.75) is 6.54 Å². The Morgan fingerprint density at radius 3 is 3.40 bits per heavy atom. The first-order valence-electron chi connectivity index (χ1n) is 2.93. The summed E-state index contributed by atoms with van der Waals surface area (Å²) in [7, 11) is 0. The summed E-state index contributed by atoms with van der Waals surface area (Å²) >= 11 is 0. The van der Waals surface area contributed by atoms with Crippen molar-refractivity contribution in [1.82, 2.24) is 15.5 Å². The van der Waals surface area contributed by atoms with Gasteiger partial charge < -0.3 is 5.32 Å². The summed E-state index contributed by atoms with van der Waals surface area (Å²) < 4.78 is 0. The highest BCUT2D eigenvalue weighted by molar-refractivity contribution is 5.88. The molecule has 2 heterocycles. The number of fused-ring (bicyclic) bond motifs is 1. The van der Waals surface area contributed by atoms with Gasteiger partial charge in [-0.15, -0.1) is 0 Å². The number of hydrogen-bond acceptors (Lipinski definition) is 3. The molecule has 1 aliphatic heterocycles. The van der Waals surface area contributed by atoms with Gasteiger partial charge in [0, 0.05) is 0 Å². The largest absolute Gasteiger partial charge is 0.370 e. The summed E-state index contributed by atoms with van der Waals surface area (Å²) in [6.07, 6.45) is 1.62. The minimum Gasteiger partial charge on any atom is -0.370 e. The lowest BCUT2D eigenvalue weighted by Crippen LogP contribution is -2.02. The number of nitrogens with one attached hydrogen (secondary N) is 2. The minimum absolute atomic E-state index is 0.503. The second kappa shape index (κ2) is 1.72. The van der Waals surface area contributed by atoms with E-state index in [0.717, 1.165) is 11.3 Å². The van der Waals surface area contributed by atoms with Crippen LogP contribution in [0.15, 0.2) is 6.20 Å². The van der Waals surface area contributed by atoms with Crippen LogP contribution in [0.5, 0.6) is 0 Å². The number of aromatic amines is 1. The standard InChI is InChI=1S/C6H5N3O/c10-3-6-4-1-8-9-5(4)2-7-6/h1,7H,2H2,(H,8,9). The van der Waals surface area contributed by atoms with Crippen LogP contribution in [0.25, 0.3) is 5.70 Å². The SMILES string of the molecule is O=C=C1NCc2[nH]ncc21. The molecule has 2 rings (SSSR count). The van der Waals surface area contributed by atoms with Crippen molar-refractivity contribution in [3.05, 3.63) is 17.5 Å². The summed E-state index contributed by atoms with van der Waals surface area (Å²) in [5, 5.41) is 9.42. The van der Waals surface area contributed by atoms with Gasteiger partial charge in [-0.3, -0.25) is 5.10 Å². The zero-order chi connectivity index (χ0) is 6.97. The van der Waals surface area contributed by atoms with Crippen molar-refractivity contribution in [3.8, 4) is 0 Å². The Kier molecular flexibility index (Phi) is 0.904. The number of nitrogens with zero attached hydrogens (tertiary/aromatic N) is 1. The van der Waals surface area contributed by atoms with E-state index in [1.165, 1.54) is 0 Å². The van der Waals surface area contributed by atoms with Crippen molar-refractivity contribution >= 4 is 11.6 Å². The van der Waals surface area contributed by atoms with E-state index >= 15 is 0 Å². The molecule has 0 aliphatic carbocycles. The number of hydrogen-bond donors (Lipinski definition) is 2. The molecule has 0 aromatic carbocycles. The predicted molar refractivity (Wildman–Crippen MR) is 34.5 cm³/mol. The van der Waals surface area contributed by atoms with Crippen LogP contribution in [0.4, 0.5) is 0 Å². The molecule has 4 heteroatoms. The molecule has 0 fully saturated rings. The fourth-order valence-corrected chi connectivity index (χ4v) is 1.03. The van der Waals surface area contributed by atoms with Gasteiger partial charge in [0.2, 0.25) is 0 Å². The first-order chi connectivity index (χ1) is 4.92. The van der Waals surface area contributed by atoms with E-state index in [1.54, 1.807) is 12.1 Å². The highest BCUT2D eigenvalue weighted by Gasteiger charge is 2.17. The Hall–Kier alpha value is -1.54. The molecule has 0 bridgehead atoms. The third-order valence-electron chi connectivity index (χ3n) is 1.53. The Balaban J connectivity index is 2.63. The normalized spacial score (nSPS) is 14.2. The average molecular weight is 135 g/mol. The Morgan fingerprint density at radius 1 is 1.70 bits per heavy atom.